The van der Waals surface area contributed by atoms with E-state index in [2.05, 4.69) is 37.8 Å². The van der Waals surface area contributed by atoms with E-state index in [1.54, 1.807) is 0 Å². The van der Waals surface area contributed by atoms with Crippen molar-refractivity contribution < 1.29 is 9.47 Å². The third-order valence-electron chi connectivity index (χ3n) is 4.49. The van der Waals surface area contributed by atoms with Gasteiger partial charge in [-0.25, -0.2) is 0 Å². The average Bonchev–Trinajstić information content (AvgIpc) is 2.52. The van der Waals surface area contributed by atoms with E-state index < -0.39 is 0 Å². The fourth-order valence-electron chi connectivity index (χ4n) is 2.95. The van der Waals surface area contributed by atoms with Gasteiger partial charge in [-0.3, -0.25) is 4.90 Å². The molecular weight excluding hydrogens is 274 g/mol. The summed E-state index contributed by atoms with van der Waals surface area (Å²) in [5, 5.41) is 0. The summed E-state index contributed by atoms with van der Waals surface area (Å²) in [4.78, 5) is 2.51. The van der Waals surface area contributed by atoms with Crippen molar-refractivity contribution in [2.75, 3.05) is 39.5 Å². The molecule has 22 heavy (non-hydrogen) atoms. The molecule has 0 spiro atoms. The zero-order valence-electron chi connectivity index (χ0n) is 14.5. The van der Waals surface area contributed by atoms with Crippen LogP contribution in [0.5, 0.6) is 5.75 Å². The zero-order valence-corrected chi connectivity index (χ0v) is 14.5. The van der Waals surface area contributed by atoms with Crippen molar-refractivity contribution in [3.05, 3.63) is 28.8 Å². The van der Waals surface area contributed by atoms with Gasteiger partial charge in [-0.2, -0.15) is 0 Å². The normalized spacial score (nSPS) is 16.0. The number of hydrogen-bond acceptors (Lipinski definition) is 3. The minimum atomic E-state index is 0.835. The molecule has 1 fully saturated rings. The highest BCUT2D eigenvalue weighted by Gasteiger charge is 2.09. The predicted octanol–water partition coefficient (Wildman–Crippen LogP) is 3.88. The Balaban J connectivity index is 1.56. The van der Waals surface area contributed by atoms with E-state index in [1.807, 2.05) is 0 Å². The number of unbranched alkanes of at least 4 members (excludes halogenated alkanes) is 3. The molecule has 3 heteroatoms. The van der Waals surface area contributed by atoms with Gasteiger partial charge in [0, 0.05) is 13.1 Å². The van der Waals surface area contributed by atoms with Crippen molar-refractivity contribution in [3.8, 4) is 5.75 Å². The molecule has 0 bridgehead atoms. The van der Waals surface area contributed by atoms with Crippen LogP contribution in [0, 0.1) is 20.8 Å². The van der Waals surface area contributed by atoms with Crippen LogP contribution in [0.1, 0.15) is 42.4 Å². The number of hydrogen-bond donors (Lipinski definition) is 0. The molecule has 1 saturated heterocycles. The van der Waals surface area contributed by atoms with Crippen molar-refractivity contribution in [1.29, 1.82) is 0 Å². The number of benzene rings is 1. The van der Waals surface area contributed by atoms with Crippen LogP contribution in [0.4, 0.5) is 0 Å². The molecule has 0 N–H and O–H groups in total. The van der Waals surface area contributed by atoms with E-state index in [1.165, 1.54) is 42.5 Å². The number of morpholine rings is 1. The zero-order chi connectivity index (χ0) is 15.8. The highest BCUT2D eigenvalue weighted by atomic mass is 16.5. The Morgan fingerprint density at radius 3 is 2.50 bits per heavy atom. The molecule has 1 aliphatic heterocycles. The second-order valence-electron chi connectivity index (χ2n) is 6.42. The fraction of sp³-hybridized carbons (Fsp3) is 0.684. The van der Waals surface area contributed by atoms with Crippen molar-refractivity contribution in [2.24, 2.45) is 0 Å². The summed E-state index contributed by atoms with van der Waals surface area (Å²) in [6.45, 7) is 12.5. The minimum absolute atomic E-state index is 0.835. The van der Waals surface area contributed by atoms with Gasteiger partial charge < -0.3 is 9.47 Å². The van der Waals surface area contributed by atoms with E-state index in [4.69, 9.17) is 9.47 Å². The van der Waals surface area contributed by atoms with Gasteiger partial charge in [0.2, 0.25) is 0 Å². The summed E-state index contributed by atoms with van der Waals surface area (Å²) >= 11 is 0. The predicted molar refractivity (Wildman–Crippen MR) is 91.9 cm³/mol. The molecule has 0 unspecified atom stereocenters. The Hall–Kier alpha value is -1.06. The molecule has 0 aliphatic carbocycles. The van der Waals surface area contributed by atoms with Gasteiger partial charge in [-0.05, 0) is 62.9 Å². The first-order chi connectivity index (χ1) is 10.7. The van der Waals surface area contributed by atoms with Gasteiger partial charge in [-0.1, -0.05) is 18.9 Å². The molecule has 0 radical (unpaired) electrons. The Morgan fingerprint density at radius 2 is 1.73 bits per heavy atom. The summed E-state index contributed by atoms with van der Waals surface area (Å²) in [5.74, 6) is 1.06. The maximum atomic E-state index is 5.97. The highest BCUT2D eigenvalue weighted by Crippen LogP contribution is 2.23. The van der Waals surface area contributed by atoms with E-state index in [0.717, 1.165) is 45.1 Å². The summed E-state index contributed by atoms with van der Waals surface area (Å²) in [5.41, 5.74) is 3.88. The number of aryl methyl sites for hydroxylation is 2. The molecule has 0 aromatic heterocycles. The minimum Gasteiger partial charge on any atom is -0.493 e. The molecule has 124 valence electrons. The standard InChI is InChI=1S/C19H31NO2/c1-16-14-17(2)18(3)19(15-16)22-11-7-5-4-6-8-20-9-12-21-13-10-20/h14-15H,4-13H2,1-3H3. The lowest BCUT2D eigenvalue weighted by atomic mass is 10.1. The number of nitrogens with zero attached hydrogens (tertiary/aromatic N) is 1. The molecule has 1 aliphatic rings. The van der Waals surface area contributed by atoms with Crippen molar-refractivity contribution in [1.82, 2.24) is 4.90 Å². The molecule has 0 atom stereocenters. The van der Waals surface area contributed by atoms with Crippen molar-refractivity contribution >= 4 is 0 Å². The van der Waals surface area contributed by atoms with E-state index >= 15 is 0 Å². The lowest BCUT2D eigenvalue weighted by Gasteiger charge is -2.26. The van der Waals surface area contributed by atoms with Gasteiger partial charge in [0.05, 0.1) is 19.8 Å². The SMILES string of the molecule is Cc1cc(C)c(C)c(OCCCCCCN2CCOCC2)c1. The topological polar surface area (TPSA) is 21.7 Å². The van der Waals surface area contributed by atoms with Gasteiger partial charge in [0.25, 0.3) is 0 Å². The molecule has 1 heterocycles. The van der Waals surface area contributed by atoms with Crippen LogP contribution in [0.3, 0.4) is 0 Å². The van der Waals surface area contributed by atoms with Crippen LogP contribution in [0.15, 0.2) is 12.1 Å². The first kappa shape index (κ1) is 17.3. The lowest BCUT2D eigenvalue weighted by molar-refractivity contribution is 0.0371. The third-order valence-corrected chi connectivity index (χ3v) is 4.49. The quantitative estimate of drug-likeness (QED) is 0.680. The van der Waals surface area contributed by atoms with Gasteiger partial charge in [0.15, 0.2) is 0 Å². The maximum Gasteiger partial charge on any atom is 0.122 e. The summed E-state index contributed by atoms with van der Waals surface area (Å²) in [6.07, 6.45) is 5.00. The Bertz CT molecular complexity index is 453. The van der Waals surface area contributed by atoms with Gasteiger partial charge in [0.1, 0.15) is 5.75 Å². The van der Waals surface area contributed by atoms with E-state index in [-0.39, 0.29) is 0 Å². The maximum absolute atomic E-state index is 5.97. The Morgan fingerprint density at radius 1 is 1.00 bits per heavy atom. The Labute approximate surface area is 135 Å². The highest BCUT2D eigenvalue weighted by molar-refractivity contribution is 5.41. The first-order valence-electron chi connectivity index (χ1n) is 8.67. The Kier molecular flexibility index (Phi) is 7.20. The van der Waals surface area contributed by atoms with Crippen LogP contribution >= 0.6 is 0 Å². The van der Waals surface area contributed by atoms with Crippen molar-refractivity contribution in [2.45, 2.75) is 46.5 Å². The van der Waals surface area contributed by atoms with Crippen LogP contribution in [0.2, 0.25) is 0 Å². The first-order valence-corrected chi connectivity index (χ1v) is 8.67. The lowest BCUT2D eigenvalue weighted by Crippen LogP contribution is -2.36. The largest absolute Gasteiger partial charge is 0.493 e. The monoisotopic (exact) mass is 305 g/mol. The average molecular weight is 305 g/mol. The molecule has 0 saturated carbocycles. The smallest absolute Gasteiger partial charge is 0.122 e. The summed E-state index contributed by atoms with van der Waals surface area (Å²) in [6, 6.07) is 4.37. The van der Waals surface area contributed by atoms with Crippen LogP contribution in [-0.2, 0) is 4.74 Å². The molecule has 1 aromatic carbocycles. The third kappa shape index (κ3) is 5.62. The van der Waals surface area contributed by atoms with Gasteiger partial charge in [-0.15, -0.1) is 0 Å². The molecule has 3 nitrogen and oxygen atoms in total. The summed E-state index contributed by atoms with van der Waals surface area (Å²) in [7, 11) is 0. The number of rotatable bonds is 8. The molecule has 1 aromatic rings. The summed E-state index contributed by atoms with van der Waals surface area (Å²) < 4.78 is 11.3. The second-order valence-corrected chi connectivity index (χ2v) is 6.42. The van der Waals surface area contributed by atoms with Crippen LogP contribution < -0.4 is 4.74 Å². The van der Waals surface area contributed by atoms with E-state index in [0.29, 0.717) is 0 Å². The van der Waals surface area contributed by atoms with E-state index in [9.17, 15) is 0 Å². The second kappa shape index (κ2) is 9.16. The van der Waals surface area contributed by atoms with Gasteiger partial charge >= 0.3 is 0 Å². The van der Waals surface area contributed by atoms with Crippen LogP contribution in [-0.4, -0.2) is 44.4 Å². The van der Waals surface area contributed by atoms with Crippen molar-refractivity contribution in [3.63, 3.8) is 0 Å². The molecule has 0 amide bonds. The van der Waals surface area contributed by atoms with Crippen LogP contribution in [0.25, 0.3) is 0 Å². The fourth-order valence-corrected chi connectivity index (χ4v) is 2.95. The molecule has 2 rings (SSSR count). The molecular formula is C19H31NO2. The number of ether oxygens (including phenoxy) is 2.